The maximum Gasteiger partial charge on any atom is 0.326 e. The molecule has 0 spiro atoms. The Morgan fingerprint density at radius 3 is 2.28 bits per heavy atom. The highest BCUT2D eigenvalue weighted by molar-refractivity contribution is 8.56. The highest BCUT2D eigenvalue weighted by Crippen LogP contribution is 2.55. The maximum atomic E-state index is 13.0. The van der Waals surface area contributed by atoms with E-state index in [2.05, 4.69) is 5.09 Å². The van der Waals surface area contributed by atoms with E-state index in [0.29, 0.717) is 11.1 Å². The summed E-state index contributed by atoms with van der Waals surface area (Å²) >= 11 is 1.01. The average molecular weight is 442 g/mol. The molecule has 0 fully saturated rings. The van der Waals surface area contributed by atoms with E-state index in [9.17, 15) is 18.9 Å². The molecule has 160 valence electrons. The Morgan fingerprint density at radius 2 is 1.76 bits per heavy atom. The number of carbonyl (C=O) groups is 3. The van der Waals surface area contributed by atoms with Crippen LogP contribution in [0.3, 0.4) is 0 Å². The fourth-order valence-electron chi connectivity index (χ4n) is 2.67. The summed E-state index contributed by atoms with van der Waals surface area (Å²) in [7, 11) is 0. The molecular formula is C19H27N2O6PS. The van der Waals surface area contributed by atoms with Gasteiger partial charge in [-0.15, -0.1) is 0 Å². The zero-order valence-corrected chi connectivity index (χ0v) is 18.8. The second kappa shape index (κ2) is 10.4. The normalized spacial score (nSPS) is 16.7. The first kappa shape index (κ1) is 23.6. The highest BCUT2D eigenvalue weighted by atomic mass is 32.7. The molecule has 0 aliphatic carbocycles. The molecule has 8 nitrogen and oxygen atoms in total. The monoisotopic (exact) mass is 442 g/mol. The molecule has 1 aliphatic rings. The molecule has 2 atom stereocenters. The molecule has 1 aromatic carbocycles. The summed E-state index contributed by atoms with van der Waals surface area (Å²) < 4.78 is 23.5. The minimum atomic E-state index is -3.31. The number of fused-ring (bicyclic) bond motifs is 1. The first-order valence-corrected chi connectivity index (χ1v) is 12.7. The fourth-order valence-corrected chi connectivity index (χ4v) is 6.28. The third-order valence-corrected chi connectivity index (χ3v) is 8.24. The van der Waals surface area contributed by atoms with Gasteiger partial charge in [-0.2, -0.15) is 0 Å². The smallest absolute Gasteiger partial charge is 0.326 e. The second-order valence-electron chi connectivity index (χ2n) is 6.80. The molecule has 1 aliphatic heterocycles. The number of hydrogen-bond donors (Lipinski definition) is 1. The number of nitrogens with zero attached hydrogens (tertiary/aromatic N) is 1. The molecule has 0 radical (unpaired) electrons. The fraction of sp³-hybridized carbons (Fsp3) is 0.526. The predicted molar refractivity (Wildman–Crippen MR) is 112 cm³/mol. The number of benzene rings is 1. The summed E-state index contributed by atoms with van der Waals surface area (Å²) in [6.07, 6.45) is -0.224. The summed E-state index contributed by atoms with van der Waals surface area (Å²) in [5.41, 5.74) is 0.761. The van der Waals surface area contributed by atoms with Crippen LogP contribution in [-0.4, -0.2) is 54.2 Å². The van der Waals surface area contributed by atoms with Crippen LogP contribution in [0.1, 0.15) is 48.4 Å². The van der Waals surface area contributed by atoms with Gasteiger partial charge < -0.3 is 9.26 Å². The van der Waals surface area contributed by atoms with Crippen molar-refractivity contribution in [2.45, 2.75) is 33.8 Å². The zero-order chi connectivity index (χ0) is 21.6. The molecule has 1 N–H and O–H groups in total. The van der Waals surface area contributed by atoms with Crippen LogP contribution in [0.15, 0.2) is 24.3 Å². The van der Waals surface area contributed by atoms with Crippen molar-refractivity contribution < 1.29 is 28.2 Å². The number of ether oxygens (including phenoxy) is 1. The quantitative estimate of drug-likeness (QED) is 0.316. The van der Waals surface area contributed by atoms with Gasteiger partial charge in [-0.1, -0.05) is 30.4 Å². The number of nitrogens with one attached hydrogen (secondary N) is 1. The molecule has 1 heterocycles. The van der Waals surface area contributed by atoms with Gasteiger partial charge in [0.15, 0.2) is 0 Å². The van der Waals surface area contributed by atoms with Crippen molar-refractivity contribution >= 4 is 35.9 Å². The standard InChI is InChI=1S/C19H27N2O6PS/c1-5-26-28(25,20-12-14(4)19(24)27-13(2)3)29-11-10-21-17(22)15-8-6-7-9-16(15)18(21)23/h6-9,13-14H,5,10-12H2,1-4H3,(H,20,25)/t14-,28?/m1/s1. The molecule has 10 heteroatoms. The summed E-state index contributed by atoms with van der Waals surface area (Å²) in [5, 5.41) is 2.82. The predicted octanol–water partition coefficient (Wildman–Crippen LogP) is 3.34. The number of amides is 2. The van der Waals surface area contributed by atoms with E-state index in [1.54, 1.807) is 52.0 Å². The molecule has 2 amide bonds. The molecule has 29 heavy (non-hydrogen) atoms. The van der Waals surface area contributed by atoms with Gasteiger partial charge in [0.25, 0.3) is 11.8 Å². The third-order valence-electron chi connectivity index (χ3n) is 4.10. The molecule has 1 unspecified atom stereocenters. The van der Waals surface area contributed by atoms with Crippen LogP contribution in [-0.2, 0) is 18.6 Å². The van der Waals surface area contributed by atoms with Gasteiger partial charge in [-0.05, 0) is 32.9 Å². The number of imide groups is 1. The first-order chi connectivity index (χ1) is 13.7. The zero-order valence-electron chi connectivity index (χ0n) is 17.0. The number of hydrogen-bond acceptors (Lipinski definition) is 7. The summed E-state index contributed by atoms with van der Waals surface area (Å²) in [6.45, 7) is 4.07. The highest BCUT2D eigenvalue weighted by Gasteiger charge is 2.35. The molecular weight excluding hydrogens is 415 g/mol. The Morgan fingerprint density at radius 1 is 1.17 bits per heavy atom. The molecule has 0 aromatic heterocycles. The minimum Gasteiger partial charge on any atom is -0.463 e. The van der Waals surface area contributed by atoms with E-state index in [1.165, 1.54) is 0 Å². The van der Waals surface area contributed by atoms with Crippen LogP contribution in [0.25, 0.3) is 0 Å². The Labute approximate surface area is 174 Å². The van der Waals surface area contributed by atoms with Gasteiger partial charge in [-0.25, -0.2) is 5.09 Å². The average Bonchev–Trinajstić information content (AvgIpc) is 2.91. The Kier molecular flexibility index (Phi) is 8.46. The van der Waals surface area contributed by atoms with Crippen molar-refractivity contribution in [2.24, 2.45) is 5.92 Å². The number of carbonyl (C=O) groups excluding carboxylic acids is 3. The van der Waals surface area contributed by atoms with Gasteiger partial charge >= 0.3 is 12.7 Å². The van der Waals surface area contributed by atoms with Crippen LogP contribution in [0.4, 0.5) is 0 Å². The molecule has 0 saturated heterocycles. The lowest BCUT2D eigenvalue weighted by Gasteiger charge is -2.21. The lowest BCUT2D eigenvalue weighted by atomic mass is 10.1. The van der Waals surface area contributed by atoms with E-state index in [0.717, 1.165) is 16.3 Å². The van der Waals surface area contributed by atoms with Crippen molar-refractivity contribution in [3.05, 3.63) is 35.4 Å². The molecule has 0 bridgehead atoms. The van der Waals surface area contributed by atoms with Gasteiger partial charge in [0.1, 0.15) is 0 Å². The van der Waals surface area contributed by atoms with Gasteiger partial charge in [0, 0.05) is 18.8 Å². The Bertz CT molecular complexity index is 781. The van der Waals surface area contributed by atoms with Crippen LogP contribution >= 0.6 is 18.1 Å². The van der Waals surface area contributed by atoms with Crippen LogP contribution < -0.4 is 5.09 Å². The second-order valence-corrected chi connectivity index (χ2v) is 11.3. The van der Waals surface area contributed by atoms with Crippen molar-refractivity contribution in [1.29, 1.82) is 0 Å². The summed E-state index contributed by atoms with van der Waals surface area (Å²) in [5.74, 6) is -1.35. The summed E-state index contributed by atoms with van der Waals surface area (Å²) in [6, 6.07) is 6.65. The van der Waals surface area contributed by atoms with Crippen molar-refractivity contribution in [2.75, 3.05) is 25.4 Å². The van der Waals surface area contributed by atoms with Crippen LogP contribution in [0.5, 0.6) is 0 Å². The topological polar surface area (TPSA) is 102 Å². The van der Waals surface area contributed by atoms with E-state index in [1.807, 2.05) is 0 Å². The Balaban J connectivity index is 1.90. The minimum absolute atomic E-state index is 0.112. The molecule has 1 aromatic rings. The lowest BCUT2D eigenvalue weighted by Crippen LogP contribution is -2.32. The SMILES string of the molecule is CCOP(=O)(NC[C@@H](C)C(=O)OC(C)C)SCCN1C(=O)c2ccccc2C1=O. The van der Waals surface area contributed by atoms with Crippen molar-refractivity contribution in [3.63, 3.8) is 0 Å². The van der Waals surface area contributed by atoms with Crippen molar-refractivity contribution in [3.8, 4) is 0 Å². The van der Waals surface area contributed by atoms with Crippen LogP contribution in [0, 0.1) is 5.92 Å². The maximum absolute atomic E-state index is 13.0. The molecule has 2 rings (SSSR count). The number of rotatable bonds is 11. The summed E-state index contributed by atoms with van der Waals surface area (Å²) in [4.78, 5) is 37.9. The van der Waals surface area contributed by atoms with Crippen LogP contribution in [0.2, 0.25) is 0 Å². The first-order valence-electron chi connectivity index (χ1n) is 9.48. The van der Waals surface area contributed by atoms with Gasteiger partial charge in [-0.3, -0.25) is 23.8 Å². The molecule has 0 saturated carbocycles. The van der Waals surface area contributed by atoms with Crippen molar-refractivity contribution in [1.82, 2.24) is 9.99 Å². The van der Waals surface area contributed by atoms with Gasteiger partial charge in [0.05, 0.1) is 29.8 Å². The van der Waals surface area contributed by atoms with E-state index in [-0.39, 0.29) is 49.3 Å². The lowest BCUT2D eigenvalue weighted by molar-refractivity contribution is -0.151. The van der Waals surface area contributed by atoms with E-state index in [4.69, 9.17) is 9.26 Å². The number of esters is 1. The van der Waals surface area contributed by atoms with E-state index >= 15 is 0 Å². The third kappa shape index (κ3) is 6.15. The van der Waals surface area contributed by atoms with E-state index < -0.39 is 12.6 Å². The Hall–Kier alpha value is -1.67. The largest absolute Gasteiger partial charge is 0.463 e. The van der Waals surface area contributed by atoms with Gasteiger partial charge in [0.2, 0.25) is 0 Å².